The highest BCUT2D eigenvalue weighted by Crippen LogP contribution is 2.21. The number of aliphatic hydroxyl groups is 1. The topological polar surface area (TPSA) is 54.4 Å². The lowest BCUT2D eigenvalue weighted by atomic mass is 10.2. The number of rotatable bonds is 6. The van der Waals surface area contributed by atoms with E-state index in [2.05, 4.69) is 17.2 Å². The minimum Gasteiger partial charge on any atom is -0.395 e. The lowest BCUT2D eigenvalue weighted by Gasteiger charge is -2.20. The van der Waals surface area contributed by atoms with Crippen molar-refractivity contribution in [1.29, 1.82) is 0 Å². The zero-order chi connectivity index (χ0) is 11.3. The van der Waals surface area contributed by atoms with E-state index in [4.69, 9.17) is 9.84 Å². The number of aromatic nitrogens is 1. The van der Waals surface area contributed by atoms with Gasteiger partial charge in [-0.3, -0.25) is 0 Å². The van der Waals surface area contributed by atoms with Crippen LogP contribution < -0.4 is 5.32 Å². The quantitative estimate of drug-likeness (QED) is 0.768. The summed E-state index contributed by atoms with van der Waals surface area (Å²) in [6.07, 6.45) is 0. The molecule has 0 aromatic carbocycles. The zero-order valence-corrected chi connectivity index (χ0v) is 10.2. The van der Waals surface area contributed by atoms with Crippen LogP contribution in [0.15, 0.2) is 5.51 Å². The summed E-state index contributed by atoms with van der Waals surface area (Å²) in [6, 6.07) is 0.177. The van der Waals surface area contributed by atoms with Gasteiger partial charge in [0.15, 0.2) is 0 Å². The van der Waals surface area contributed by atoms with Crippen molar-refractivity contribution < 1.29 is 9.84 Å². The molecule has 0 amide bonds. The first-order chi connectivity index (χ1) is 7.19. The van der Waals surface area contributed by atoms with Gasteiger partial charge in [-0.05, 0) is 13.8 Å². The third-order valence-electron chi connectivity index (χ3n) is 2.25. The van der Waals surface area contributed by atoms with Gasteiger partial charge in [-0.2, -0.15) is 0 Å². The Morgan fingerprint density at radius 3 is 2.87 bits per heavy atom. The monoisotopic (exact) mass is 230 g/mol. The van der Waals surface area contributed by atoms with Gasteiger partial charge >= 0.3 is 0 Å². The van der Waals surface area contributed by atoms with Gasteiger partial charge in [0.1, 0.15) is 0 Å². The van der Waals surface area contributed by atoms with Crippen LogP contribution in [-0.4, -0.2) is 36.5 Å². The van der Waals surface area contributed by atoms with E-state index >= 15 is 0 Å². The summed E-state index contributed by atoms with van der Waals surface area (Å²) < 4.78 is 5.01. The minimum absolute atomic E-state index is 0.0218. The van der Waals surface area contributed by atoms with Crippen LogP contribution >= 0.6 is 11.3 Å². The number of thiazole rings is 1. The number of hydrogen-bond acceptors (Lipinski definition) is 5. The van der Waals surface area contributed by atoms with Crippen LogP contribution in [0.5, 0.6) is 0 Å². The largest absolute Gasteiger partial charge is 0.395 e. The number of nitrogens with zero attached hydrogens (tertiary/aromatic N) is 1. The summed E-state index contributed by atoms with van der Waals surface area (Å²) in [4.78, 5) is 5.41. The van der Waals surface area contributed by atoms with Crippen LogP contribution in [0.1, 0.15) is 23.5 Å². The molecular formula is C10H18N2O2S. The molecule has 1 rings (SSSR count). The fraction of sp³-hybridized carbons (Fsp3) is 0.700. The van der Waals surface area contributed by atoms with Crippen LogP contribution in [0.3, 0.4) is 0 Å². The number of aliphatic hydroxyl groups excluding tert-OH is 1. The van der Waals surface area contributed by atoms with Crippen molar-refractivity contribution in [3.8, 4) is 0 Å². The Balaban J connectivity index is 2.54. The summed E-state index contributed by atoms with van der Waals surface area (Å²) in [5.41, 5.74) is 2.89. The molecule has 2 unspecified atom stereocenters. The second-order valence-electron chi connectivity index (χ2n) is 3.53. The molecule has 0 aliphatic carbocycles. The summed E-state index contributed by atoms with van der Waals surface area (Å²) in [7, 11) is 1.63. The molecule has 2 N–H and O–H groups in total. The van der Waals surface area contributed by atoms with Crippen LogP contribution in [0.25, 0.3) is 0 Å². The van der Waals surface area contributed by atoms with Crippen molar-refractivity contribution in [3.63, 3.8) is 0 Å². The van der Waals surface area contributed by atoms with Gasteiger partial charge in [-0.25, -0.2) is 4.98 Å². The molecule has 2 atom stereocenters. The number of methoxy groups -OCH3 is 1. The van der Waals surface area contributed by atoms with E-state index in [0.29, 0.717) is 6.61 Å². The molecule has 15 heavy (non-hydrogen) atoms. The van der Waals surface area contributed by atoms with Crippen molar-refractivity contribution in [3.05, 3.63) is 16.1 Å². The first kappa shape index (κ1) is 12.6. The maximum absolute atomic E-state index is 9.12. The standard InChI is InChI=1S/C10H18N2O2S/c1-7-10(15-6-11-7)8(2)12-9(4-13)5-14-3/h6,8-9,12-13H,4-5H2,1-3H3. The first-order valence-electron chi connectivity index (χ1n) is 4.94. The molecule has 0 saturated heterocycles. The summed E-state index contributed by atoms with van der Waals surface area (Å²) in [5, 5.41) is 12.4. The molecule has 1 heterocycles. The molecule has 5 heteroatoms. The Kier molecular flexibility index (Phi) is 5.17. The fourth-order valence-corrected chi connectivity index (χ4v) is 2.33. The highest BCUT2D eigenvalue weighted by atomic mass is 32.1. The van der Waals surface area contributed by atoms with Crippen molar-refractivity contribution in [1.82, 2.24) is 10.3 Å². The molecule has 0 aliphatic rings. The molecule has 0 spiro atoms. The second-order valence-corrected chi connectivity index (χ2v) is 4.41. The molecular weight excluding hydrogens is 212 g/mol. The lowest BCUT2D eigenvalue weighted by molar-refractivity contribution is 0.123. The van der Waals surface area contributed by atoms with E-state index in [9.17, 15) is 0 Å². The fourth-order valence-electron chi connectivity index (χ4n) is 1.51. The molecule has 4 nitrogen and oxygen atoms in total. The summed E-state index contributed by atoms with van der Waals surface area (Å²) in [5.74, 6) is 0. The predicted molar refractivity (Wildman–Crippen MR) is 61.2 cm³/mol. The van der Waals surface area contributed by atoms with E-state index in [1.807, 2.05) is 12.4 Å². The molecule has 0 aliphatic heterocycles. The number of aryl methyl sites for hydroxylation is 1. The molecule has 0 saturated carbocycles. The normalized spacial score (nSPS) is 15.2. The van der Waals surface area contributed by atoms with Crippen molar-refractivity contribution >= 4 is 11.3 Å². The highest BCUT2D eigenvalue weighted by Gasteiger charge is 2.15. The van der Waals surface area contributed by atoms with Gasteiger partial charge in [-0.1, -0.05) is 0 Å². The van der Waals surface area contributed by atoms with Gasteiger partial charge in [0.05, 0.1) is 30.5 Å². The third kappa shape index (κ3) is 3.53. The average Bonchev–Trinajstić information content (AvgIpc) is 2.63. The van der Waals surface area contributed by atoms with Gasteiger partial charge in [-0.15, -0.1) is 11.3 Å². The van der Waals surface area contributed by atoms with Crippen LogP contribution in [-0.2, 0) is 4.74 Å². The highest BCUT2D eigenvalue weighted by molar-refractivity contribution is 7.09. The van der Waals surface area contributed by atoms with E-state index in [1.165, 1.54) is 4.88 Å². The molecule has 1 aromatic heterocycles. The van der Waals surface area contributed by atoms with Crippen molar-refractivity contribution in [2.75, 3.05) is 20.3 Å². The Morgan fingerprint density at radius 1 is 1.67 bits per heavy atom. The van der Waals surface area contributed by atoms with Crippen LogP contribution in [0, 0.1) is 6.92 Å². The van der Waals surface area contributed by atoms with Crippen LogP contribution in [0.4, 0.5) is 0 Å². The van der Waals surface area contributed by atoms with Gasteiger partial charge in [0.2, 0.25) is 0 Å². The average molecular weight is 230 g/mol. The second kappa shape index (κ2) is 6.17. The number of ether oxygens (including phenoxy) is 1. The molecule has 1 aromatic rings. The molecule has 86 valence electrons. The van der Waals surface area contributed by atoms with E-state index < -0.39 is 0 Å². The zero-order valence-electron chi connectivity index (χ0n) is 9.36. The SMILES string of the molecule is COCC(CO)NC(C)c1scnc1C. The van der Waals surface area contributed by atoms with E-state index in [1.54, 1.807) is 18.4 Å². The van der Waals surface area contributed by atoms with Gasteiger partial charge in [0.25, 0.3) is 0 Å². The Morgan fingerprint density at radius 2 is 2.40 bits per heavy atom. The molecule has 0 bridgehead atoms. The Hall–Kier alpha value is -0.490. The maximum atomic E-state index is 9.12. The molecule has 0 fully saturated rings. The maximum Gasteiger partial charge on any atom is 0.0798 e. The van der Waals surface area contributed by atoms with Crippen molar-refractivity contribution in [2.45, 2.75) is 25.9 Å². The minimum atomic E-state index is -0.0218. The van der Waals surface area contributed by atoms with E-state index in [-0.39, 0.29) is 18.7 Å². The summed E-state index contributed by atoms with van der Waals surface area (Å²) >= 11 is 1.63. The smallest absolute Gasteiger partial charge is 0.0798 e. The third-order valence-corrected chi connectivity index (χ3v) is 3.36. The van der Waals surface area contributed by atoms with Gasteiger partial charge in [0, 0.05) is 18.0 Å². The summed E-state index contributed by atoms with van der Waals surface area (Å²) in [6.45, 7) is 4.65. The first-order valence-corrected chi connectivity index (χ1v) is 5.82. The van der Waals surface area contributed by atoms with Crippen LogP contribution in [0.2, 0.25) is 0 Å². The Bertz CT molecular complexity index is 291. The van der Waals surface area contributed by atoms with Crippen molar-refractivity contribution in [2.24, 2.45) is 0 Å². The lowest BCUT2D eigenvalue weighted by Crippen LogP contribution is -2.38. The number of hydrogen-bond donors (Lipinski definition) is 2. The molecule has 0 radical (unpaired) electrons. The Labute approximate surface area is 94.3 Å². The van der Waals surface area contributed by atoms with Gasteiger partial charge < -0.3 is 15.2 Å². The van der Waals surface area contributed by atoms with E-state index in [0.717, 1.165) is 5.69 Å². The number of nitrogens with one attached hydrogen (secondary N) is 1. The predicted octanol–water partition coefficient (Wildman–Crippen LogP) is 1.11.